The molecule has 0 atom stereocenters. The molecule has 0 saturated heterocycles. The molecule has 28 heavy (non-hydrogen) atoms. The highest BCUT2D eigenvalue weighted by atomic mass is 16.5. The highest BCUT2D eigenvalue weighted by Crippen LogP contribution is 2.36. The molecule has 0 bridgehead atoms. The minimum atomic E-state index is -0.991. The highest BCUT2D eigenvalue weighted by Gasteiger charge is 2.29. The van der Waals surface area contributed by atoms with Crippen LogP contribution in [0.25, 0.3) is 0 Å². The number of carbonyl (C=O) groups is 3. The molecule has 0 aromatic rings. The van der Waals surface area contributed by atoms with Gasteiger partial charge in [-0.25, -0.2) is 0 Å². The van der Waals surface area contributed by atoms with E-state index in [0.717, 1.165) is 64.2 Å². The van der Waals surface area contributed by atoms with Gasteiger partial charge < -0.3 is 24.5 Å². The number of carboxylic acid groups (broad SMARTS) is 2. The minimum Gasteiger partial charge on any atom is -0.550 e. The molecule has 0 saturated carbocycles. The molecule has 0 aliphatic carbocycles. The van der Waals surface area contributed by atoms with Gasteiger partial charge >= 0.3 is 5.97 Å². The molecule has 0 rings (SSSR count). The van der Waals surface area contributed by atoms with Gasteiger partial charge in [-0.05, 0) is 39.0 Å². The van der Waals surface area contributed by atoms with E-state index >= 15 is 0 Å². The highest BCUT2D eigenvalue weighted by molar-refractivity contribution is 5.72. The molecule has 0 spiro atoms. The first-order valence-electron chi connectivity index (χ1n) is 10.8. The van der Waals surface area contributed by atoms with Crippen LogP contribution >= 0.6 is 0 Å². The van der Waals surface area contributed by atoms with Crippen molar-refractivity contribution in [1.82, 2.24) is 0 Å². The Morgan fingerprint density at radius 3 is 1.57 bits per heavy atom. The van der Waals surface area contributed by atoms with Gasteiger partial charge in [0.2, 0.25) is 0 Å². The van der Waals surface area contributed by atoms with Crippen LogP contribution in [-0.2, 0) is 19.1 Å². The quantitative estimate of drug-likeness (QED) is 0.291. The Hall–Kier alpha value is -1.59. The fourth-order valence-electron chi connectivity index (χ4n) is 3.18. The first-order valence-corrected chi connectivity index (χ1v) is 10.8. The topological polar surface area (TPSA) is 107 Å². The molecule has 0 fully saturated rings. The molecule has 0 unspecified atom stereocenters. The summed E-state index contributed by atoms with van der Waals surface area (Å²) >= 11 is 0. The van der Waals surface area contributed by atoms with Gasteiger partial charge in [0, 0.05) is 24.3 Å². The number of carboxylic acids is 2. The third-order valence-electron chi connectivity index (χ3n) is 4.83. The number of hydrogen-bond acceptors (Lipinski definition) is 6. The van der Waals surface area contributed by atoms with E-state index in [4.69, 9.17) is 0 Å². The molecule has 0 radical (unpaired) electrons. The standard InChI is InChI=1S/C18H34O4.C4H8O2/c1-3-5-13-18(17(21)22,14-6-4-2)15-11-9-7-8-10-12-16(19)20;1-3-6-4(2)5/h3-15H2,1-2H3,(H,19,20)(H,21,22);3H2,1-2H3/p-2. The van der Waals surface area contributed by atoms with Crippen LogP contribution in [0.3, 0.4) is 0 Å². The van der Waals surface area contributed by atoms with Crippen LogP contribution < -0.4 is 10.2 Å². The van der Waals surface area contributed by atoms with E-state index in [9.17, 15) is 24.6 Å². The van der Waals surface area contributed by atoms with Gasteiger partial charge in [-0.3, -0.25) is 4.79 Å². The molecule has 0 aliphatic rings. The van der Waals surface area contributed by atoms with Gasteiger partial charge in [-0.15, -0.1) is 0 Å². The van der Waals surface area contributed by atoms with Crippen molar-refractivity contribution in [2.75, 3.05) is 6.61 Å². The first-order chi connectivity index (χ1) is 13.3. The third-order valence-corrected chi connectivity index (χ3v) is 4.83. The average molecular weight is 401 g/mol. The maximum Gasteiger partial charge on any atom is 0.302 e. The fraction of sp³-hybridized carbons (Fsp3) is 0.864. The molecule has 0 amide bonds. The zero-order chi connectivity index (χ0) is 21.8. The van der Waals surface area contributed by atoms with Crippen LogP contribution in [-0.4, -0.2) is 24.5 Å². The lowest BCUT2D eigenvalue weighted by Gasteiger charge is -2.35. The zero-order valence-electron chi connectivity index (χ0n) is 18.3. The second-order valence-corrected chi connectivity index (χ2v) is 7.34. The summed E-state index contributed by atoms with van der Waals surface area (Å²) in [6.07, 6.45) is 10.4. The van der Waals surface area contributed by atoms with E-state index in [1.54, 1.807) is 6.92 Å². The summed E-state index contributed by atoms with van der Waals surface area (Å²) in [6.45, 7) is 7.81. The molecule has 6 nitrogen and oxygen atoms in total. The van der Waals surface area contributed by atoms with E-state index in [-0.39, 0.29) is 12.4 Å². The van der Waals surface area contributed by atoms with Crippen LogP contribution in [0.2, 0.25) is 0 Å². The molecule has 166 valence electrons. The Bertz CT molecular complexity index is 411. The summed E-state index contributed by atoms with van der Waals surface area (Å²) < 4.78 is 4.40. The Morgan fingerprint density at radius 1 is 0.750 bits per heavy atom. The van der Waals surface area contributed by atoms with Crippen molar-refractivity contribution in [2.45, 2.75) is 111 Å². The lowest BCUT2D eigenvalue weighted by atomic mass is 9.74. The summed E-state index contributed by atoms with van der Waals surface area (Å²) in [4.78, 5) is 31.8. The van der Waals surface area contributed by atoms with Gasteiger partial charge in [0.25, 0.3) is 0 Å². The van der Waals surface area contributed by atoms with Gasteiger partial charge in [0.05, 0.1) is 6.61 Å². The number of aliphatic carboxylic acids is 2. The summed E-state index contributed by atoms with van der Waals surface area (Å²) in [5.74, 6) is -2.08. The molecular weight excluding hydrogens is 360 g/mol. The molecular formula is C22H40O6-2. The summed E-state index contributed by atoms with van der Waals surface area (Å²) in [6, 6.07) is 0. The summed E-state index contributed by atoms with van der Waals surface area (Å²) in [5.41, 5.74) is -0.656. The van der Waals surface area contributed by atoms with Crippen molar-refractivity contribution in [3.63, 3.8) is 0 Å². The van der Waals surface area contributed by atoms with E-state index in [1.165, 1.54) is 6.92 Å². The van der Waals surface area contributed by atoms with Crippen LogP contribution in [0.5, 0.6) is 0 Å². The molecule has 0 aromatic carbocycles. The predicted octanol–water partition coefficient (Wildman–Crippen LogP) is 3.15. The SMILES string of the molecule is CCCCC(CCCC)(CCCCCCCC(=O)[O-])C(=O)[O-].CCOC(C)=O. The van der Waals surface area contributed by atoms with Crippen LogP contribution in [0.15, 0.2) is 0 Å². The predicted molar refractivity (Wildman–Crippen MR) is 106 cm³/mol. The number of esters is 1. The fourth-order valence-corrected chi connectivity index (χ4v) is 3.18. The number of ether oxygens (including phenoxy) is 1. The number of rotatable bonds is 16. The van der Waals surface area contributed by atoms with Crippen LogP contribution in [0, 0.1) is 5.41 Å². The van der Waals surface area contributed by atoms with Crippen molar-refractivity contribution in [3.8, 4) is 0 Å². The second-order valence-electron chi connectivity index (χ2n) is 7.34. The number of hydrogen-bond donors (Lipinski definition) is 0. The van der Waals surface area contributed by atoms with Crippen LogP contribution in [0.4, 0.5) is 0 Å². The number of carbonyl (C=O) groups excluding carboxylic acids is 3. The smallest absolute Gasteiger partial charge is 0.302 e. The monoisotopic (exact) mass is 400 g/mol. The van der Waals surface area contributed by atoms with Crippen molar-refractivity contribution < 1.29 is 29.3 Å². The second kappa shape index (κ2) is 18.8. The molecule has 0 aromatic heterocycles. The largest absolute Gasteiger partial charge is 0.550 e. The Labute approximate surface area is 171 Å². The molecule has 0 aliphatic heterocycles. The maximum atomic E-state index is 11.7. The van der Waals surface area contributed by atoms with E-state index in [2.05, 4.69) is 18.6 Å². The van der Waals surface area contributed by atoms with Crippen molar-refractivity contribution in [2.24, 2.45) is 5.41 Å². The van der Waals surface area contributed by atoms with Gasteiger partial charge in [-0.2, -0.15) is 0 Å². The third kappa shape index (κ3) is 16.6. The van der Waals surface area contributed by atoms with E-state index in [1.807, 2.05) is 0 Å². The van der Waals surface area contributed by atoms with E-state index in [0.29, 0.717) is 19.4 Å². The maximum absolute atomic E-state index is 11.7. The summed E-state index contributed by atoms with van der Waals surface area (Å²) in [5, 5.41) is 22.0. The van der Waals surface area contributed by atoms with Crippen molar-refractivity contribution in [1.29, 1.82) is 0 Å². The molecule has 6 heteroatoms. The first kappa shape index (κ1) is 28.6. The lowest BCUT2D eigenvalue weighted by molar-refractivity contribution is -0.321. The van der Waals surface area contributed by atoms with Crippen molar-refractivity contribution >= 4 is 17.9 Å². The average Bonchev–Trinajstić information content (AvgIpc) is 2.62. The van der Waals surface area contributed by atoms with Gasteiger partial charge in [-0.1, -0.05) is 65.2 Å². The lowest BCUT2D eigenvalue weighted by Crippen LogP contribution is -2.42. The number of unbranched alkanes of at least 4 members (excludes halogenated alkanes) is 6. The summed E-state index contributed by atoms with van der Waals surface area (Å²) in [7, 11) is 0. The molecule has 0 N–H and O–H groups in total. The van der Waals surface area contributed by atoms with Gasteiger partial charge in [0.1, 0.15) is 0 Å². The Balaban J connectivity index is 0. The zero-order valence-corrected chi connectivity index (χ0v) is 18.3. The Kier molecular flexibility index (Phi) is 19.2. The normalized spacial score (nSPS) is 10.7. The molecule has 0 heterocycles. The van der Waals surface area contributed by atoms with Crippen molar-refractivity contribution in [3.05, 3.63) is 0 Å². The Morgan fingerprint density at radius 2 is 1.21 bits per heavy atom. The van der Waals surface area contributed by atoms with Gasteiger partial charge in [0.15, 0.2) is 0 Å². The van der Waals surface area contributed by atoms with Crippen LogP contribution in [0.1, 0.15) is 111 Å². The minimum absolute atomic E-state index is 0.121. The van der Waals surface area contributed by atoms with E-state index < -0.39 is 17.4 Å².